The average Bonchev–Trinajstić information content (AvgIpc) is 3.53. The van der Waals surface area contributed by atoms with E-state index in [1.807, 2.05) is 25.1 Å². The molecule has 2 atom stereocenters. The highest BCUT2D eigenvalue weighted by Gasteiger charge is 2.43. The Hall–Kier alpha value is -4.53. The van der Waals surface area contributed by atoms with E-state index in [2.05, 4.69) is 20.5 Å². The summed E-state index contributed by atoms with van der Waals surface area (Å²) >= 11 is 0. The van der Waals surface area contributed by atoms with Crippen molar-refractivity contribution in [3.05, 3.63) is 82.7 Å². The first-order valence-corrected chi connectivity index (χ1v) is 14.3. The van der Waals surface area contributed by atoms with E-state index in [-0.39, 0.29) is 23.1 Å². The smallest absolute Gasteiger partial charge is 0.278 e. The lowest BCUT2D eigenvalue weighted by atomic mass is 9.88. The second-order valence-corrected chi connectivity index (χ2v) is 11.3. The topological polar surface area (TPSA) is 129 Å². The highest BCUT2D eigenvalue weighted by molar-refractivity contribution is 5.92. The van der Waals surface area contributed by atoms with Gasteiger partial charge in [-0.15, -0.1) is 0 Å². The van der Waals surface area contributed by atoms with Gasteiger partial charge in [0.1, 0.15) is 23.4 Å². The minimum Gasteiger partial charge on any atom is -0.444 e. The van der Waals surface area contributed by atoms with E-state index in [9.17, 15) is 10.1 Å². The fourth-order valence-electron chi connectivity index (χ4n) is 6.01. The number of carbonyl (C=O) groups is 1. The number of rotatable bonds is 8. The molecule has 2 aliphatic rings. The van der Waals surface area contributed by atoms with Gasteiger partial charge in [-0.1, -0.05) is 12.1 Å². The number of amides is 1. The monoisotopic (exact) mass is 584 g/mol. The second kappa shape index (κ2) is 11.3. The van der Waals surface area contributed by atoms with Crippen molar-refractivity contribution < 1.29 is 23.4 Å². The van der Waals surface area contributed by atoms with E-state index in [4.69, 9.17) is 24.9 Å². The first kappa shape index (κ1) is 28.6. The van der Waals surface area contributed by atoms with Crippen molar-refractivity contribution in [2.24, 2.45) is 5.73 Å². The van der Waals surface area contributed by atoms with Crippen LogP contribution >= 0.6 is 0 Å². The molecule has 1 amide bonds. The number of ether oxygens (including phenoxy) is 3. The van der Waals surface area contributed by atoms with Crippen LogP contribution in [0.2, 0.25) is 0 Å². The van der Waals surface area contributed by atoms with Gasteiger partial charge in [0.2, 0.25) is 5.91 Å². The fraction of sp³-hybridized carbons (Fsp3) is 0.375. The van der Waals surface area contributed by atoms with Gasteiger partial charge in [-0.05, 0) is 63.0 Å². The number of aromatic nitrogens is 3. The zero-order chi connectivity index (χ0) is 30.3. The molecule has 0 spiro atoms. The number of primary amides is 1. The second-order valence-electron chi connectivity index (χ2n) is 11.3. The molecule has 2 aromatic heterocycles. The van der Waals surface area contributed by atoms with Crippen molar-refractivity contribution in [3.63, 3.8) is 0 Å². The molecule has 1 saturated heterocycles. The summed E-state index contributed by atoms with van der Waals surface area (Å²) in [6.07, 6.45) is 3.49. The standard InChI is InChI=1S/C32H33FN6O4/c1-19(41-3)17-39-27-16-36-22(15-34)14-26(27)37-29(39)18-38-11-9-20(10-12-38)23-5-4-6-28-30(23)43-32(2,42-28)24-8-7-21(31(35)40)13-25(24)33/h4-8,13-14,16,19-20H,9-12,17-18H2,1-3H3,(H2,35,40). The number of piperidine rings is 1. The zero-order valence-electron chi connectivity index (χ0n) is 24.3. The van der Waals surface area contributed by atoms with Crippen LogP contribution < -0.4 is 15.2 Å². The predicted molar refractivity (Wildman–Crippen MR) is 156 cm³/mol. The third-order valence-corrected chi connectivity index (χ3v) is 8.42. The number of fused-ring (bicyclic) bond motifs is 2. The minimum atomic E-state index is -1.38. The van der Waals surface area contributed by atoms with Crippen LogP contribution in [0.15, 0.2) is 48.7 Å². The molecule has 0 saturated carbocycles. The van der Waals surface area contributed by atoms with Crippen LogP contribution in [0.4, 0.5) is 4.39 Å². The van der Waals surface area contributed by atoms with Crippen molar-refractivity contribution in [1.29, 1.82) is 5.26 Å². The number of hydrogen-bond acceptors (Lipinski definition) is 8. The van der Waals surface area contributed by atoms with Crippen molar-refractivity contribution in [3.8, 4) is 17.6 Å². The van der Waals surface area contributed by atoms with Gasteiger partial charge >= 0.3 is 0 Å². The van der Waals surface area contributed by atoms with Gasteiger partial charge < -0.3 is 24.5 Å². The summed E-state index contributed by atoms with van der Waals surface area (Å²) in [7, 11) is 1.69. The van der Waals surface area contributed by atoms with E-state index < -0.39 is 17.5 Å². The lowest BCUT2D eigenvalue weighted by Crippen LogP contribution is -2.34. The van der Waals surface area contributed by atoms with Crippen LogP contribution in [0.5, 0.6) is 11.5 Å². The summed E-state index contributed by atoms with van der Waals surface area (Å²) < 4.78 is 35.2. The Morgan fingerprint density at radius 1 is 1.26 bits per heavy atom. The normalized spacial score (nSPS) is 19.4. The number of carbonyl (C=O) groups excluding carboxylic acids is 1. The number of hydrogen-bond donors (Lipinski definition) is 1. The van der Waals surface area contributed by atoms with Gasteiger partial charge in [-0.25, -0.2) is 14.4 Å². The van der Waals surface area contributed by atoms with Crippen LogP contribution in [0.1, 0.15) is 65.6 Å². The van der Waals surface area contributed by atoms with Crippen molar-refractivity contribution in [2.75, 3.05) is 20.2 Å². The number of benzene rings is 2. The summed E-state index contributed by atoms with van der Waals surface area (Å²) in [6.45, 7) is 6.67. The highest BCUT2D eigenvalue weighted by atomic mass is 19.1. The molecule has 43 heavy (non-hydrogen) atoms. The average molecular weight is 585 g/mol. The molecule has 11 heteroatoms. The Bertz CT molecular complexity index is 1740. The lowest BCUT2D eigenvalue weighted by molar-refractivity contribution is -0.0712. The molecular formula is C32H33FN6O4. The number of nitrogens with zero attached hydrogens (tertiary/aromatic N) is 5. The predicted octanol–water partition coefficient (Wildman–Crippen LogP) is 4.60. The van der Waals surface area contributed by atoms with Crippen molar-refractivity contribution >= 4 is 16.9 Å². The largest absolute Gasteiger partial charge is 0.444 e. The van der Waals surface area contributed by atoms with Gasteiger partial charge in [0.05, 0.1) is 42.0 Å². The van der Waals surface area contributed by atoms with Gasteiger partial charge in [0.15, 0.2) is 11.5 Å². The summed E-state index contributed by atoms with van der Waals surface area (Å²) in [5.41, 5.74) is 8.59. The first-order chi connectivity index (χ1) is 20.7. The van der Waals surface area contributed by atoms with E-state index >= 15 is 4.39 Å². The molecule has 4 heterocycles. The van der Waals surface area contributed by atoms with Gasteiger partial charge in [-0.3, -0.25) is 9.69 Å². The zero-order valence-corrected chi connectivity index (χ0v) is 24.3. The maximum absolute atomic E-state index is 15.0. The van der Waals surface area contributed by atoms with Crippen LogP contribution in [-0.2, 0) is 23.6 Å². The van der Waals surface area contributed by atoms with E-state index in [1.54, 1.807) is 26.3 Å². The first-order valence-electron chi connectivity index (χ1n) is 14.3. The van der Waals surface area contributed by atoms with Gasteiger partial charge in [0.25, 0.3) is 5.79 Å². The highest BCUT2D eigenvalue weighted by Crippen LogP contribution is 2.49. The van der Waals surface area contributed by atoms with E-state index in [0.29, 0.717) is 30.3 Å². The Balaban J connectivity index is 1.18. The molecule has 222 valence electrons. The van der Waals surface area contributed by atoms with Gasteiger partial charge in [-0.2, -0.15) is 5.26 Å². The molecule has 6 rings (SSSR count). The molecule has 2 aromatic carbocycles. The third kappa shape index (κ3) is 5.40. The SMILES string of the molecule is COC(C)Cn1c(CN2CCC(c3cccc4c3OC(C)(c3ccc(C(N)=O)cc3F)O4)CC2)nc2cc(C#N)ncc21. The number of imidazole rings is 1. The number of likely N-dealkylation sites (tertiary alicyclic amines) is 1. The summed E-state index contributed by atoms with van der Waals surface area (Å²) in [4.78, 5) is 23.0. The van der Waals surface area contributed by atoms with Crippen LogP contribution in [0, 0.1) is 17.1 Å². The third-order valence-electron chi connectivity index (χ3n) is 8.42. The molecule has 2 unspecified atom stereocenters. The van der Waals surface area contributed by atoms with E-state index in [0.717, 1.165) is 54.4 Å². The molecule has 1 fully saturated rings. The number of halogens is 1. The minimum absolute atomic E-state index is 0.0137. The maximum Gasteiger partial charge on any atom is 0.278 e. The Morgan fingerprint density at radius 3 is 2.74 bits per heavy atom. The van der Waals surface area contributed by atoms with Crippen LogP contribution in [0.3, 0.4) is 0 Å². The van der Waals surface area contributed by atoms with Crippen LogP contribution in [0.25, 0.3) is 11.0 Å². The number of para-hydroxylation sites is 1. The molecule has 10 nitrogen and oxygen atoms in total. The Labute approximate surface area is 248 Å². The molecular weight excluding hydrogens is 551 g/mol. The summed E-state index contributed by atoms with van der Waals surface area (Å²) in [5.74, 6) is -0.372. The number of nitrogens with two attached hydrogens (primary N) is 1. The molecule has 2 N–H and O–H groups in total. The summed E-state index contributed by atoms with van der Waals surface area (Å²) in [6, 6.07) is 13.7. The lowest BCUT2D eigenvalue weighted by Gasteiger charge is -2.32. The van der Waals surface area contributed by atoms with Crippen molar-refractivity contribution in [2.45, 2.75) is 57.6 Å². The van der Waals surface area contributed by atoms with E-state index in [1.165, 1.54) is 12.1 Å². The van der Waals surface area contributed by atoms with Crippen molar-refractivity contribution in [1.82, 2.24) is 19.4 Å². The maximum atomic E-state index is 15.0. The molecule has 4 aromatic rings. The molecule has 2 aliphatic heterocycles. The molecule has 0 aliphatic carbocycles. The Morgan fingerprint density at radius 2 is 2.05 bits per heavy atom. The summed E-state index contributed by atoms with van der Waals surface area (Å²) in [5, 5.41) is 9.30. The number of nitriles is 1. The number of methoxy groups -OCH3 is 1. The molecule has 0 bridgehead atoms. The Kier molecular flexibility index (Phi) is 7.50. The quantitative estimate of drug-likeness (QED) is 0.318. The van der Waals surface area contributed by atoms with Crippen LogP contribution in [-0.4, -0.2) is 51.6 Å². The number of pyridine rings is 1. The molecule has 0 radical (unpaired) electrons. The van der Waals surface area contributed by atoms with Gasteiger partial charge in [0, 0.05) is 31.2 Å². The fourth-order valence-corrected chi connectivity index (χ4v) is 6.01.